The summed E-state index contributed by atoms with van der Waals surface area (Å²) in [5.41, 5.74) is 1.77. The summed E-state index contributed by atoms with van der Waals surface area (Å²) in [6.07, 6.45) is 2.75. The lowest BCUT2D eigenvalue weighted by molar-refractivity contribution is -0.387. The first kappa shape index (κ1) is 34.5. The van der Waals surface area contributed by atoms with Crippen LogP contribution in [0.25, 0.3) is 17.5 Å². The highest BCUT2D eigenvalue weighted by atomic mass is 35.5. The Bertz CT molecular complexity index is 2440. The summed E-state index contributed by atoms with van der Waals surface area (Å²) in [7, 11) is 0. The van der Waals surface area contributed by atoms with Gasteiger partial charge in [-0.2, -0.15) is 0 Å². The van der Waals surface area contributed by atoms with E-state index in [1.807, 2.05) is 6.92 Å². The molecule has 4 heterocycles. The van der Waals surface area contributed by atoms with Crippen LogP contribution in [0.3, 0.4) is 0 Å². The molecule has 0 bridgehead atoms. The Balaban J connectivity index is 1.28. The highest BCUT2D eigenvalue weighted by molar-refractivity contribution is 7.99. The van der Waals surface area contributed by atoms with Gasteiger partial charge in [0.25, 0.3) is 11.2 Å². The number of benzene rings is 3. The Morgan fingerprint density at radius 3 is 2.75 bits per heavy atom. The molecule has 260 valence electrons. The number of allylic oxidation sites excluding steroid dienone is 1. The van der Waals surface area contributed by atoms with Gasteiger partial charge in [0.05, 0.1) is 43.3 Å². The van der Waals surface area contributed by atoms with Crippen molar-refractivity contribution in [2.45, 2.75) is 42.8 Å². The SMILES string of the molecule is CCCC1=C(C(=O)OCC)[C@@H](c2ccc3c(c2)OCO3)n2c(s/c(=C/c3ccc(Sc4n[nH]c(-c5ccc(Cl)cc5Cl)n4)c([N+](=O)[O-])c3)c2=O)=N1. The number of nitro benzene ring substituents is 1. The zero-order valence-electron chi connectivity index (χ0n) is 26.8. The van der Waals surface area contributed by atoms with Gasteiger partial charge in [0, 0.05) is 16.7 Å². The molecule has 0 saturated carbocycles. The minimum atomic E-state index is -0.861. The van der Waals surface area contributed by atoms with E-state index in [1.54, 1.807) is 61.5 Å². The Morgan fingerprint density at radius 2 is 1.98 bits per heavy atom. The van der Waals surface area contributed by atoms with Crippen LogP contribution in [-0.4, -0.2) is 44.0 Å². The normalized spacial score (nSPS) is 15.1. The number of H-pyrrole nitrogens is 1. The van der Waals surface area contributed by atoms with Gasteiger partial charge in [0.1, 0.15) is 0 Å². The van der Waals surface area contributed by atoms with Gasteiger partial charge in [-0.25, -0.2) is 14.8 Å². The fourth-order valence-electron chi connectivity index (χ4n) is 5.72. The topological polar surface area (TPSA) is 164 Å². The second-order valence-electron chi connectivity index (χ2n) is 11.2. The van der Waals surface area contributed by atoms with Gasteiger partial charge in [-0.15, -0.1) is 5.10 Å². The molecule has 2 aromatic heterocycles. The number of rotatable bonds is 10. The van der Waals surface area contributed by atoms with Crippen LogP contribution in [0.5, 0.6) is 11.5 Å². The number of esters is 1. The number of hydrogen-bond donors (Lipinski definition) is 1. The third-order valence-corrected chi connectivity index (χ3v) is 10.4. The molecule has 1 atom stereocenters. The number of aromatic nitrogens is 4. The minimum absolute atomic E-state index is 0.0597. The van der Waals surface area contributed by atoms with Crippen molar-refractivity contribution < 1.29 is 23.9 Å². The second kappa shape index (κ2) is 14.3. The molecular formula is C34H26Cl2N6O7S2. The number of nitrogens with zero attached hydrogens (tertiary/aromatic N) is 5. The van der Waals surface area contributed by atoms with Crippen molar-refractivity contribution in [2.75, 3.05) is 13.4 Å². The van der Waals surface area contributed by atoms with Crippen molar-refractivity contribution >= 4 is 64.0 Å². The molecule has 5 aromatic rings. The lowest BCUT2D eigenvalue weighted by Crippen LogP contribution is -2.40. The maximum Gasteiger partial charge on any atom is 0.338 e. The molecule has 0 unspecified atom stereocenters. The van der Waals surface area contributed by atoms with Gasteiger partial charge in [-0.05, 0) is 78.7 Å². The molecular weight excluding hydrogens is 739 g/mol. The minimum Gasteiger partial charge on any atom is -0.463 e. The molecule has 0 aliphatic carbocycles. The number of aromatic amines is 1. The second-order valence-corrected chi connectivity index (χ2v) is 14.1. The Kier molecular flexibility index (Phi) is 9.70. The number of halogens is 2. The van der Waals surface area contributed by atoms with Gasteiger partial charge in [0.15, 0.2) is 22.1 Å². The zero-order chi connectivity index (χ0) is 35.8. The van der Waals surface area contributed by atoms with E-state index in [-0.39, 0.29) is 39.2 Å². The van der Waals surface area contributed by atoms with Crippen molar-refractivity contribution in [3.63, 3.8) is 0 Å². The average Bonchev–Trinajstić information content (AvgIpc) is 3.84. The van der Waals surface area contributed by atoms with E-state index in [9.17, 15) is 19.7 Å². The van der Waals surface area contributed by atoms with Crippen LogP contribution in [0, 0.1) is 10.1 Å². The summed E-state index contributed by atoms with van der Waals surface area (Å²) < 4.78 is 18.3. The first-order valence-corrected chi connectivity index (χ1v) is 18.0. The molecule has 0 radical (unpaired) electrons. The fourth-order valence-corrected chi connectivity index (χ4v) is 8.03. The highest BCUT2D eigenvalue weighted by Crippen LogP contribution is 2.39. The summed E-state index contributed by atoms with van der Waals surface area (Å²) in [5.74, 6) is 0.854. The molecule has 2 aliphatic rings. The molecule has 0 saturated heterocycles. The quantitative estimate of drug-likeness (QED) is 0.0949. The third kappa shape index (κ3) is 6.77. The van der Waals surface area contributed by atoms with E-state index >= 15 is 0 Å². The van der Waals surface area contributed by atoms with Crippen LogP contribution in [0.4, 0.5) is 5.69 Å². The van der Waals surface area contributed by atoms with E-state index in [2.05, 4.69) is 15.2 Å². The number of carbonyl (C=O) groups excluding carboxylic acids is 1. The molecule has 1 N–H and O–H groups in total. The standard InChI is InChI=1S/C34H26Cl2N6O7S2/c1-3-5-22-28(32(44)47-4-2)29(18-7-10-24-25(14-18)49-16-48-24)41-31(43)27(51-34(41)37-22)13-17-6-11-26(23(12-17)42(45)46)50-33-38-30(39-40-33)20-9-8-19(35)15-21(20)36/h6-15,29H,3-5,16H2,1-2H3,(H,38,39,40)/b27-13+/t29-/m1/s1. The summed E-state index contributed by atoms with van der Waals surface area (Å²) in [4.78, 5) is 49.3. The maximum atomic E-state index is 14.2. The molecule has 3 aromatic carbocycles. The Hall–Kier alpha value is -4.96. The Morgan fingerprint density at radius 1 is 1.16 bits per heavy atom. The van der Waals surface area contributed by atoms with E-state index in [0.29, 0.717) is 67.4 Å². The largest absolute Gasteiger partial charge is 0.463 e. The average molecular weight is 766 g/mol. The monoisotopic (exact) mass is 764 g/mol. The summed E-state index contributed by atoms with van der Waals surface area (Å²) in [6, 6.07) is 14.0. The predicted octanol–water partition coefficient (Wildman–Crippen LogP) is 6.46. The first-order valence-electron chi connectivity index (χ1n) is 15.6. The van der Waals surface area contributed by atoms with E-state index < -0.39 is 22.5 Å². The molecule has 0 spiro atoms. The van der Waals surface area contributed by atoms with Crippen molar-refractivity contribution in [1.82, 2.24) is 19.7 Å². The number of nitrogens with one attached hydrogen (secondary N) is 1. The summed E-state index contributed by atoms with van der Waals surface area (Å²) >= 11 is 14.4. The van der Waals surface area contributed by atoms with Gasteiger partial charge in [-0.3, -0.25) is 24.6 Å². The van der Waals surface area contributed by atoms with Crippen LogP contribution in [0.1, 0.15) is 43.9 Å². The molecule has 51 heavy (non-hydrogen) atoms. The molecule has 13 nitrogen and oxygen atoms in total. The fraction of sp³-hybridized carbons (Fsp3) is 0.206. The van der Waals surface area contributed by atoms with Crippen LogP contribution >= 0.6 is 46.3 Å². The van der Waals surface area contributed by atoms with Gasteiger partial charge in [0.2, 0.25) is 11.9 Å². The predicted molar refractivity (Wildman–Crippen MR) is 191 cm³/mol. The first-order chi connectivity index (χ1) is 24.6. The van der Waals surface area contributed by atoms with Crippen molar-refractivity contribution in [3.05, 3.63) is 117 Å². The third-order valence-electron chi connectivity index (χ3n) is 7.93. The zero-order valence-corrected chi connectivity index (χ0v) is 30.0. The van der Waals surface area contributed by atoms with E-state index in [0.717, 1.165) is 23.1 Å². The molecule has 17 heteroatoms. The van der Waals surface area contributed by atoms with Crippen LogP contribution < -0.4 is 24.4 Å². The lowest BCUT2D eigenvalue weighted by Gasteiger charge is -2.25. The summed E-state index contributed by atoms with van der Waals surface area (Å²) in [5, 5.41) is 20.3. The highest BCUT2D eigenvalue weighted by Gasteiger charge is 2.35. The number of hydrogen-bond acceptors (Lipinski definition) is 12. The van der Waals surface area contributed by atoms with Crippen LogP contribution in [-0.2, 0) is 9.53 Å². The van der Waals surface area contributed by atoms with Gasteiger partial charge in [-0.1, -0.05) is 60.0 Å². The number of fused-ring (bicyclic) bond motifs is 2. The molecule has 0 fully saturated rings. The van der Waals surface area contributed by atoms with Crippen molar-refractivity contribution in [1.29, 1.82) is 0 Å². The van der Waals surface area contributed by atoms with E-state index in [4.69, 9.17) is 42.4 Å². The van der Waals surface area contributed by atoms with E-state index in [1.165, 1.54) is 10.6 Å². The van der Waals surface area contributed by atoms with Crippen molar-refractivity contribution in [3.8, 4) is 22.9 Å². The van der Waals surface area contributed by atoms with Gasteiger partial charge < -0.3 is 14.2 Å². The van der Waals surface area contributed by atoms with Crippen molar-refractivity contribution in [2.24, 2.45) is 4.99 Å². The molecule has 0 amide bonds. The number of ether oxygens (including phenoxy) is 3. The van der Waals surface area contributed by atoms with Crippen LogP contribution in [0.2, 0.25) is 10.0 Å². The number of carbonyl (C=O) groups is 1. The number of nitro groups is 1. The lowest BCUT2D eigenvalue weighted by atomic mass is 9.94. The molecule has 2 aliphatic heterocycles. The van der Waals surface area contributed by atoms with Gasteiger partial charge >= 0.3 is 5.97 Å². The summed E-state index contributed by atoms with van der Waals surface area (Å²) in [6.45, 7) is 3.89. The maximum absolute atomic E-state index is 14.2. The number of thiazole rings is 1. The Labute approximate surface area is 307 Å². The van der Waals surface area contributed by atoms with Crippen LogP contribution in [0.15, 0.2) is 85.7 Å². The molecule has 7 rings (SSSR count). The smallest absolute Gasteiger partial charge is 0.338 e.